The molecule has 0 bridgehead atoms. The molecule has 1 aromatic heterocycles. The third kappa shape index (κ3) is 3.75. The van der Waals surface area contributed by atoms with Gasteiger partial charge in [0.05, 0.1) is 0 Å². The van der Waals surface area contributed by atoms with E-state index in [9.17, 15) is 0 Å². The highest BCUT2D eigenvalue weighted by Crippen LogP contribution is 2.26. The van der Waals surface area contributed by atoms with Gasteiger partial charge in [-0.25, -0.2) is 9.97 Å². The average molecular weight is 249 g/mol. The van der Waals surface area contributed by atoms with Gasteiger partial charge in [0.2, 0.25) is 0 Å². The third-order valence-electron chi connectivity index (χ3n) is 3.17. The molecule has 0 saturated carbocycles. The number of nitrogens with two attached hydrogens (primary N) is 1. The number of ether oxygens (including phenoxy) is 1. The second-order valence-electron chi connectivity index (χ2n) is 5.90. The van der Waals surface area contributed by atoms with Gasteiger partial charge in [-0.1, -0.05) is 0 Å². The maximum Gasteiger partial charge on any atom is 0.130 e. The lowest BCUT2D eigenvalue weighted by atomic mass is 9.95. The van der Waals surface area contributed by atoms with Crippen LogP contribution in [0.25, 0.3) is 0 Å². The molecule has 0 aliphatic carbocycles. The molecule has 1 saturated heterocycles. The molecule has 1 aliphatic rings. The molecule has 2 N–H and O–H groups in total. The molecule has 4 nitrogen and oxygen atoms in total. The van der Waals surface area contributed by atoms with Gasteiger partial charge in [0.25, 0.3) is 0 Å². The highest BCUT2D eigenvalue weighted by Gasteiger charge is 2.20. The van der Waals surface area contributed by atoms with Crippen LogP contribution in [-0.4, -0.2) is 28.7 Å². The van der Waals surface area contributed by atoms with Crippen LogP contribution in [0, 0.1) is 6.92 Å². The summed E-state index contributed by atoms with van der Waals surface area (Å²) in [6.45, 7) is 7.72. The Morgan fingerprint density at radius 2 is 2.00 bits per heavy atom. The summed E-state index contributed by atoms with van der Waals surface area (Å²) in [5.74, 6) is 1.38. The van der Waals surface area contributed by atoms with E-state index in [0.29, 0.717) is 12.3 Å². The zero-order valence-electron chi connectivity index (χ0n) is 11.6. The lowest BCUT2D eigenvalue weighted by molar-refractivity contribution is 0.0844. The van der Waals surface area contributed by atoms with Crippen molar-refractivity contribution in [1.29, 1.82) is 0 Å². The smallest absolute Gasteiger partial charge is 0.130 e. The van der Waals surface area contributed by atoms with Crippen LogP contribution in [0.5, 0.6) is 0 Å². The average Bonchev–Trinajstić information content (AvgIpc) is 2.27. The molecule has 0 amide bonds. The molecule has 0 unspecified atom stereocenters. The van der Waals surface area contributed by atoms with Crippen molar-refractivity contribution in [2.75, 3.05) is 13.2 Å². The largest absolute Gasteiger partial charge is 0.381 e. The second kappa shape index (κ2) is 5.33. The highest BCUT2D eigenvalue weighted by atomic mass is 16.5. The lowest BCUT2D eigenvalue weighted by Gasteiger charge is -2.23. The highest BCUT2D eigenvalue weighted by molar-refractivity contribution is 5.15. The van der Waals surface area contributed by atoms with Gasteiger partial charge in [0, 0.05) is 42.5 Å². The van der Waals surface area contributed by atoms with E-state index in [0.717, 1.165) is 43.3 Å². The number of hydrogen-bond acceptors (Lipinski definition) is 4. The van der Waals surface area contributed by atoms with E-state index in [1.165, 1.54) is 0 Å². The minimum Gasteiger partial charge on any atom is -0.381 e. The molecule has 0 aromatic carbocycles. The third-order valence-corrected chi connectivity index (χ3v) is 3.17. The Balaban J connectivity index is 2.20. The molecular formula is C14H23N3O. The summed E-state index contributed by atoms with van der Waals surface area (Å²) in [7, 11) is 0. The van der Waals surface area contributed by atoms with Crippen LogP contribution in [0.2, 0.25) is 0 Å². The van der Waals surface area contributed by atoms with Crippen LogP contribution in [0.1, 0.15) is 49.8 Å². The van der Waals surface area contributed by atoms with Gasteiger partial charge in [-0.05, 0) is 39.7 Å². The van der Waals surface area contributed by atoms with Crippen LogP contribution < -0.4 is 5.73 Å². The predicted octanol–water partition coefficient (Wildman–Crippen LogP) is 1.96. The van der Waals surface area contributed by atoms with E-state index in [1.807, 2.05) is 20.8 Å². The van der Waals surface area contributed by atoms with Crippen LogP contribution >= 0.6 is 0 Å². The summed E-state index contributed by atoms with van der Waals surface area (Å²) in [6, 6.07) is 2.10. The Hall–Kier alpha value is -1.00. The zero-order valence-corrected chi connectivity index (χ0v) is 11.6. The van der Waals surface area contributed by atoms with Crippen molar-refractivity contribution in [3.8, 4) is 0 Å². The zero-order chi connectivity index (χ0) is 13.2. The quantitative estimate of drug-likeness (QED) is 0.889. The molecule has 2 heterocycles. The molecule has 0 spiro atoms. The van der Waals surface area contributed by atoms with E-state index in [-0.39, 0.29) is 5.54 Å². The maximum atomic E-state index is 6.05. The van der Waals surface area contributed by atoms with Crippen molar-refractivity contribution in [2.45, 2.75) is 51.5 Å². The van der Waals surface area contributed by atoms with E-state index >= 15 is 0 Å². The van der Waals surface area contributed by atoms with Crippen LogP contribution in [0.15, 0.2) is 6.07 Å². The Morgan fingerprint density at radius 1 is 1.33 bits per heavy atom. The summed E-state index contributed by atoms with van der Waals surface area (Å²) < 4.78 is 5.40. The van der Waals surface area contributed by atoms with Crippen molar-refractivity contribution >= 4 is 0 Å². The van der Waals surface area contributed by atoms with E-state index < -0.39 is 0 Å². The second-order valence-corrected chi connectivity index (χ2v) is 5.90. The van der Waals surface area contributed by atoms with Crippen molar-refractivity contribution < 1.29 is 4.74 Å². The summed E-state index contributed by atoms with van der Waals surface area (Å²) in [6.07, 6.45) is 2.83. The minimum absolute atomic E-state index is 0.263. The van der Waals surface area contributed by atoms with Crippen LogP contribution in [0.3, 0.4) is 0 Å². The van der Waals surface area contributed by atoms with Crippen LogP contribution in [-0.2, 0) is 11.2 Å². The molecule has 1 aromatic rings. The van der Waals surface area contributed by atoms with Crippen molar-refractivity contribution in [2.24, 2.45) is 5.73 Å². The van der Waals surface area contributed by atoms with Crippen molar-refractivity contribution in [3.05, 3.63) is 23.3 Å². The molecular weight excluding hydrogens is 226 g/mol. The first-order valence-corrected chi connectivity index (χ1v) is 6.65. The van der Waals surface area contributed by atoms with Gasteiger partial charge < -0.3 is 10.5 Å². The number of rotatable bonds is 3. The fourth-order valence-corrected chi connectivity index (χ4v) is 2.35. The van der Waals surface area contributed by atoms with Gasteiger partial charge >= 0.3 is 0 Å². The first-order valence-electron chi connectivity index (χ1n) is 6.65. The van der Waals surface area contributed by atoms with Gasteiger partial charge in [-0.3, -0.25) is 0 Å². The Kier molecular flexibility index (Phi) is 3.97. The molecule has 18 heavy (non-hydrogen) atoms. The Labute approximate surface area is 109 Å². The molecule has 4 heteroatoms. The van der Waals surface area contributed by atoms with E-state index in [2.05, 4.69) is 11.1 Å². The van der Waals surface area contributed by atoms with Crippen molar-refractivity contribution in [1.82, 2.24) is 9.97 Å². The fraction of sp³-hybridized carbons (Fsp3) is 0.714. The summed E-state index contributed by atoms with van der Waals surface area (Å²) in [5.41, 5.74) is 7.97. The van der Waals surface area contributed by atoms with Crippen LogP contribution in [0.4, 0.5) is 0 Å². The SMILES string of the molecule is Cc1cc(C2CCOCC2)nc(CC(C)(C)N)n1. The standard InChI is InChI=1S/C14H23N3O/c1-10-8-12(11-4-6-18-7-5-11)17-13(16-10)9-14(2,3)15/h8,11H,4-7,9,15H2,1-3H3. The summed E-state index contributed by atoms with van der Waals surface area (Å²) in [4.78, 5) is 9.19. The first-order chi connectivity index (χ1) is 8.44. The van der Waals surface area contributed by atoms with Crippen molar-refractivity contribution in [3.63, 3.8) is 0 Å². The van der Waals surface area contributed by atoms with Gasteiger partial charge in [-0.15, -0.1) is 0 Å². The maximum absolute atomic E-state index is 6.05. The number of aryl methyl sites for hydroxylation is 1. The number of hydrogen-bond donors (Lipinski definition) is 1. The number of aromatic nitrogens is 2. The van der Waals surface area contributed by atoms with E-state index in [4.69, 9.17) is 15.5 Å². The molecule has 2 rings (SSSR count). The molecule has 1 aliphatic heterocycles. The first kappa shape index (κ1) is 13.4. The summed E-state index contributed by atoms with van der Waals surface area (Å²) in [5, 5.41) is 0. The van der Waals surface area contributed by atoms with E-state index in [1.54, 1.807) is 0 Å². The normalized spacial score (nSPS) is 18.0. The lowest BCUT2D eigenvalue weighted by Crippen LogP contribution is -2.35. The molecule has 0 atom stereocenters. The Morgan fingerprint density at radius 3 is 2.61 bits per heavy atom. The predicted molar refractivity (Wildman–Crippen MR) is 71.5 cm³/mol. The van der Waals surface area contributed by atoms with Gasteiger partial charge in [0.15, 0.2) is 0 Å². The fourth-order valence-electron chi connectivity index (χ4n) is 2.35. The molecule has 100 valence electrons. The summed E-state index contributed by atoms with van der Waals surface area (Å²) >= 11 is 0. The minimum atomic E-state index is -0.263. The molecule has 1 fully saturated rings. The van der Waals surface area contributed by atoms with Gasteiger partial charge in [-0.2, -0.15) is 0 Å². The van der Waals surface area contributed by atoms with Gasteiger partial charge in [0.1, 0.15) is 5.82 Å². The molecule has 0 radical (unpaired) electrons. The monoisotopic (exact) mass is 249 g/mol. The Bertz CT molecular complexity index is 406. The number of nitrogens with zero attached hydrogens (tertiary/aromatic N) is 2. The topological polar surface area (TPSA) is 61.0 Å².